The summed E-state index contributed by atoms with van der Waals surface area (Å²) in [5, 5.41) is 12.8. The maximum atomic E-state index is 12.4. The van der Waals surface area contributed by atoms with Crippen LogP contribution in [0.3, 0.4) is 0 Å². The zero-order valence-corrected chi connectivity index (χ0v) is 16.9. The Balaban J connectivity index is 1.71. The summed E-state index contributed by atoms with van der Waals surface area (Å²) in [6.07, 6.45) is 0. The van der Waals surface area contributed by atoms with Crippen molar-refractivity contribution in [3.05, 3.63) is 69.4 Å². The van der Waals surface area contributed by atoms with Crippen LogP contribution >= 0.6 is 23.2 Å². The highest BCUT2D eigenvalue weighted by Gasteiger charge is 2.12. The molecule has 2 aromatic carbocycles. The standard InChI is InChI=1S/C21H19Cl2NO4/c1-12-3-4-14(19-6-5-16(10-25)28-19)8-18(12)24-20(26)11-27-21-13(2)7-15(22)9-17(21)23/h3-9,25H,10-11H2,1-2H3,(H,24,26). The molecule has 0 aliphatic heterocycles. The van der Waals surface area contributed by atoms with Gasteiger partial charge in [-0.3, -0.25) is 4.79 Å². The van der Waals surface area contributed by atoms with E-state index in [0.29, 0.717) is 33.0 Å². The van der Waals surface area contributed by atoms with E-state index in [2.05, 4.69) is 5.32 Å². The summed E-state index contributed by atoms with van der Waals surface area (Å²) in [5.74, 6) is 1.20. The van der Waals surface area contributed by atoms with E-state index in [1.807, 2.05) is 32.0 Å². The molecule has 28 heavy (non-hydrogen) atoms. The lowest BCUT2D eigenvalue weighted by Gasteiger charge is -2.13. The van der Waals surface area contributed by atoms with Gasteiger partial charge in [-0.05, 0) is 55.3 Å². The van der Waals surface area contributed by atoms with Crippen molar-refractivity contribution in [3.8, 4) is 17.1 Å². The van der Waals surface area contributed by atoms with E-state index in [9.17, 15) is 4.79 Å². The largest absolute Gasteiger partial charge is 0.482 e. The summed E-state index contributed by atoms with van der Waals surface area (Å²) in [5.41, 5.74) is 3.08. The molecule has 0 atom stereocenters. The molecule has 0 fully saturated rings. The number of hydrogen-bond donors (Lipinski definition) is 2. The molecule has 2 N–H and O–H groups in total. The number of aryl methyl sites for hydroxylation is 2. The Morgan fingerprint density at radius 3 is 2.57 bits per heavy atom. The summed E-state index contributed by atoms with van der Waals surface area (Å²) in [6, 6.07) is 12.4. The molecule has 1 heterocycles. The minimum Gasteiger partial charge on any atom is -0.482 e. The monoisotopic (exact) mass is 419 g/mol. The Kier molecular flexibility index (Phi) is 6.29. The Hall–Kier alpha value is -2.47. The smallest absolute Gasteiger partial charge is 0.262 e. The molecule has 5 nitrogen and oxygen atoms in total. The van der Waals surface area contributed by atoms with Gasteiger partial charge in [-0.2, -0.15) is 0 Å². The topological polar surface area (TPSA) is 71.7 Å². The van der Waals surface area contributed by atoms with Gasteiger partial charge in [-0.1, -0.05) is 35.3 Å². The maximum Gasteiger partial charge on any atom is 0.262 e. The van der Waals surface area contributed by atoms with Gasteiger partial charge in [0.25, 0.3) is 5.91 Å². The van der Waals surface area contributed by atoms with Gasteiger partial charge in [-0.25, -0.2) is 0 Å². The Morgan fingerprint density at radius 2 is 1.89 bits per heavy atom. The van der Waals surface area contributed by atoms with Gasteiger partial charge in [0.05, 0.1) is 5.02 Å². The molecule has 0 bridgehead atoms. The number of anilines is 1. The number of furan rings is 1. The van der Waals surface area contributed by atoms with Crippen molar-refractivity contribution in [2.24, 2.45) is 0 Å². The highest BCUT2D eigenvalue weighted by atomic mass is 35.5. The second kappa shape index (κ2) is 8.69. The number of nitrogens with one attached hydrogen (secondary N) is 1. The molecule has 0 aliphatic carbocycles. The molecule has 1 aromatic heterocycles. The average molecular weight is 420 g/mol. The molecule has 0 aliphatic rings. The fraction of sp³-hybridized carbons (Fsp3) is 0.190. The summed E-state index contributed by atoms with van der Waals surface area (Å²) >= 11 is 12.1. The minimum atomic E-state index is -0.318. The number of benzene rings is 2. The second-order valence-corrected chi connectivity index (χ2v) is 7.17. The third-order valence-corrected chi connectivity index (χ3v) is 4.65. The quantitative estimate of drug-likeness (QED) is 0.562. The summed E-state index contributed by atoms with van der Waals surface area (Å²) < 4.78 is 11.1. The molecule has 146 valence electrons. The van der Waals surface area contributed by atoms with E-state index in [0.717, 1.165) is 16.7 Å². The van der Waals surface area contributed by atoms with Crippen LogP contribution in [0.2, 0.25) is 10.0 Å². The average Bonchev–Trinajstić information content (AvgIpc) is 3.12. The van der Waals surface area contributed by atoms with Crippen LogP contribution in [0.1, 0.15) is 16.9 Å². The van der Waals surface area contributed by atoms with Crippen molar-refractivity contribution < 1.29 is 19.1 Å². The van der Waals surface area contributed by atoms with E-state index in [1.54, 1.807) is 24.3 Å². The molecule has 3 rings (SSSR count). The van der Waals surface area contributed by atoms with E-state index >= 15 is 0 Å². The second-order valence-electron chi connectivity index (χ2n) is 6.32. The van der Waals surface area contributed by atoms with Crippen molar-refractivity contribution in [3.63, 3.8) is 0 Å². The van der Waals surface area contributed by atoms with Crippen LogP contribution in [0.5, 0.6) is 5.75 Å². The number of carbonyl (C=O) groups is 1. The Bertz CT molecular complexity index is 990. The summed E-state index contributed by atoms with van der Waals surface area (Å²) in [4.78, 5) is 12.4. The van der Waals surface area contributed by atoms with E-state index in [4.69, 9.17) is 37.5 Å². The number of aliphatic hydroxyl groups excluding tert-OH is 1. The van der Waals surface area contributed by atoms with Gasteiger partial charge < -0.3 is 19.6 Å². The summed E-state index contributed by atoms with van der Waals surface area (Å²) in [7, 11) is 0. The van der Waals surface area contributed by atoms with Crippen LogP contribution in [-0.4, -0.2) is 17.6 Å². The van der Waals surface area contributed by atoms with Crippen molar-refractivity contribution in [2.75, 3.05) is 11.9 Å². The van der Waals surface area contributed by atoms with Gasteiger partial charge in [0.1, 0.15) is 23.9 Å². The Morgan fingerprint density at radius 1 is 1.11 bits per heavy atom. The fourth-order valence-corrected chi connectivity index (χ4v) is 3.37. The van der Waals surface area contributed by atoms with Crippen molar-refractivity contribution in [1.29, 1.82) is 0 Å². The maximum absolute atomic E-state index is 12.4. The first-order valence-corrected chi connectivity index (χ1v) is 9.32. The molecule has 0 unspecified atom stereocenters. The molecule has 3 aromatic rings. The molecule has 0 spiro atoms. The number of ether oxygens (including phenoxy) is 1. The lowest BCUT2D eigenvalue weighted by Crippen LogP contribution is -2.21. The van der Waals surface area contributed by atoms with Crippen LogP contribution in [0.25, 0.3) is 11.3 Å². The lowest BCUT2D eigenvalue weighted by atomic mass is 10.1. The molecule has 7 heteroatoms. The van der Waals surface area contributed by atoms with E-state index in [-0.39, 0.29) is 19.1 Å². The van der Waals surface area contributed by atoms with Crippen LogP contribution < -0.4 is 10.1 Å². The molecular formula is C21H19Cl2NO4. The van der Waals surface area contributed by atoms with Crippen LogP contribution in [0.15, 0.2) is 46.9 Å². The highest BCUT2D eigenvalue weighted by molar-refractivity contribution is 6.35. The van der Waals surface area contributed by atoms with E-state index in [1.165, 1.54) is 0 Å². The van der Waals surface area contributed by atoms with Crippen LogP contribution in [-0.2, 0) is 11.4 Å². The normalized spacial score (nSPS) is 10.8. The zero-order valence-electron chi connectivity index (χ0n) is 15.4. The van der Waals surface area contributed by atoms with Crippen molar-refractivity contribution in [2.45, 2.75) is 20.5 Å². The Labute approximate surface area is 172 Å². The predicted octanol–water partition coefficient (Wildman–Crippen LogP) is 5.38. The first-order valence-electron chi connectivity index (χ1n) is 8.56. The van der Waals surface area contributed by atoms with Gasteiger partial charge in [0, 0.05) is 16.3 Å². The number of amides is 1. The van der Waals surface area contributed by atoms with Crippen LogP contribution in [0.4, 0.5) is 5.69 Å². The molecular weight excluding hydrogens is 401 g/mol. The molecule has 1 amide bonds. The summed E-state index contributed by atoms with van der Waals surface area (Å²) in [6.45, 7) is 3.34. The molecule has 0 saturated carbocycles. The fourth-order valence-electron chi connectivity index (χ4n) is 2.72. The first-order chi connectivity index (χ1) is 13.4. The first kappa shape index (κ1) is 20.3. The SMILES string of the molecule is Cc1ccc(-c2ccc(CO)o2)cc1NC(=O)COc1c(C)cc(Cl)cc1Cl. The number of halogens is 2. The van der Waals surface area contributed by atoms with Crippen LogP contribution in [0, 0.1) is 13.8 Å². The highest BCUT2D eigenvalue weighted by Crippen LogP contribution is 2.32. The zero-order chi connectivity index (χ0) is 20.3. The van der Waals surface area contributed by atoms with Gasteiger partial charge in [0.2, 0.25) is 0 Å². The molecule has 0 radical (unpaired) electrons. The number of rotatable bonds is 6. The van der Waals surface area contributed by atoms with Gasteiger partial charge >= 0.3 is 0 Å². The third kappa shape index (κ3) is 4.68. The predicted molar refractivity (Wildman–Crippen MR) is 110 cm³/mol. The number of aliphatic hydroxyl groups is 1. The number of carbonyl (C=O) groups excluding carboxylic acids is 1. The van der Waals surface area contributed by atoms with Crippen molar-refractivity contribution >= 4 is 34.8 Å². The third-order valence-electron chi connectivity index (χ3n) is 4.16. The lowest BCUT2D eigenvalue weighted by molar-refractivity contribution is -0.118. The van der Waals surface area contributed by atoms with Crippen molar-refractivity contribution in [1.82, 2.24) is 0 Å². The van der Waals surface area contributed by atoms with E-state index < -0.39 is 0 Å². The number of hydrogen-bond acceptors (Lipinski definition) is 4. The minimum absolute atomic E-state index is 0.167. The van der Waals surface area contributed by atoms with Gasteiger partial charge in [0.15, 0.2) is 6.61 Å². The molecule has 0 saturated heterocycles. The van der Waals surface area contributed by atoms with Gasteiger partial charge in [-0.15, -0.1) is 0 Å².